The zero-order chi connectivity index (χ0) is 57.7. The first kappa shape index (κ1) is 60.1. The zero-order valence-corrected chi connectivity index (χ0v) is 43.2. The number of anilines is 1. The lowest BCUT2D eigenvalue weighted by Crippen LogP contribution is -2.63. The van der Waals surface area contributed by atoms with Crippen molar-refractivity contribution in [1.82, 2.24) is 46.0 Å². The number of fused-ring (bicyclic) bond motifs is 1. The Morgan fingerprint density at radius 2 is 1.29 bits per heavy atom. The third-order valence-corrected chi connectivity index (χ3v) is 13.9. The molecule has 6 atom stereocenters. The van der Waals surface area contributed by atoms with E-state index in [0.717, 1.165) is 58.5 Å². The molecule has 2 saturated heterocycles. The fourth-order valence-corrected chi connectivity index (χ4v) is 8.98. The average Bonchev–Trinajstić information content (AvgIpc) is 4.11. The largest absolute Gasteiger partial charge is 0.453 e. The van der Waals surface area contributed by atoms with Crippen molar-refractivity contribution in [3.63, 3.8) is 0 Å². The number of halogens is 10. The molecule has 2 aromatic heterocycles. The van der Waals surface area contributed by atoms with E-state index < -0.39 is 115 Å². The summed E-state index contributed by atoms with van der Waals surface area (Å²) >= 11 is 0. The number of carbonyl (C=O) groups excluding carboxylic acids is 4. The van der Waals surface area contributed by atoms with E-state index in [4.69, 9.17) is 0 Å². The summed E-state index contributed by atoms with van der Waals surface area (Å²) < 4.78 is 155. The van der Waals surface area contributed by atoms with Crippen molar-refractivity contribution in [2.24, 2.45) is 22.7 Å². The Balaban J connectivity index is 1.33. The van der Waals surface area contributed by atoms with E-state index in [9.17, 15) is 59.4 Å². The lowest BCUT2D eigenvalue weighted by Gasteiger charge is -2.38. The summed E-state index contributed by atoms with van der Waals surface area (Å²) in [5.41, 5.74) is -4.40. The number of carbonyl (C=O) groups is 4. The highest BCUT2D eigenvalue weighted by molar-refractivity contribution is 5.87. The van der Waals surface area contributed by atoms with Crippen molar-refractivity contribution < 1.29 is 77.7 Å². The summed E-state index contributed by atoms with van der Waals surface area (Å²) in [5, 5.41) is 22.0. The third-order valence-electron chi connectivity index (χ3n) is 13.9. The summed E-state index contributed by atoms with van der Waals surface area (Å²) in [4.78, 5) is 61.9. The molecule has 2 aliphatic rings. The molecule has 0 radical (unpaired) electrons. The second-order valence-electron chi connectivity index (χ2n) is 20.2. The van der Waals surface area contributed by atoms with Gasteiger partial charge < -0.3 is 40.3 Å². The van der Waals surface area contributed by atoms with Gasteiger partial charge in [0.25, 0.3) is 5.91 Å². The predicted octanol–water partition coefficient (Wildman–Crippen LogP) is 6.56. The number of alkyl carbamates (subject to hydrolysis) is 2. The molecule has 5 N–H and O–H groups in total. The number of benzene rings is 2. The number of aliphatic hydroxyl groups excluding tert-OH is 1. The van der Waals surface area contributed by atoms with Crippen LogP contribution in [0, 0.1) is 46.1 Å². The molecule has 0 bridgehead atoms. The third kappa shape index (κ3) is 14.3. The summed E-state index contributed by atoms with van der Waals surface area (Å²) in [6, 6.07) is 5.33. The highest BCUT2D eigenvalue weighted by Crippen LogP contribution is 2.42. The van der Waals surface area contributed by atoms with Gasteiger partial charge in [-0.05, 0) is 101 Å². The van der Waals surface area contributed by atoms with Gasteiger partial charge in [-0.2, -0.15) is 40.2 Å². The van der Waals surface area contributed by atoms with E-state index in [1.807, 2.05) is 22.9 Å². The molecule has 4 heterocycles. The number of methoxy groups -OCH3 is 2. The first-order chi connectivity index (χ1) is 36.4. The molecular weight excluding hydrogens is 1050 g/mol. The smallest absolute Gasteiger partial charge is 0.407 e. The summed E-state index contributed by atoms with van der Waals surface area (Å²) in [7, 11) is 3.71. The number of nitrogens with one attached hydrogen (secondary N) is 4. The van der Waals surface area contributed by atoms with Crippen LogP contribution in [0.1, 0.15) is 56.5 Å². The van der Waals surface area contributed by atoms with Crippen LogP contribution in [0.4, 0.5) is 59.3 Å². The number of hydrogen-bond donors (Lipinski definition) is 5. The second-order valence-corrected chi connectivity index (χ2v) is 20.2. The monoisotopic (exact) mass is 1110 g/mol. The maximum atomic E-state index is 16.0. The number of aromatic nitrogens is 3. The van der Waals surface area contributed by atoms with Crippen molar-refractivity contribution in [1.29, 1.82) is 0 Å². The number of pyridine rings is 1. The number of hydrazine groups is 1. The van der Waals surface area contributed by atoms with Crippen LogP contribution < -0.4 is 26.3 Å². The van der Waals surface area contributed by atoms with Crippen LogP contribution >= 0.6 is 0 Å². The average molecular weight is 1110 g/mol. The second kappa shape index (κ2) is 24.2. The highest BCUT2D eigenvalue weighted by Gasteiger charge is 2.57. The Bertz CT molecular complexity index is 2800. The van der Waals surface area contributed by atoms with Gasteiger partial charge >= 0.3 is 31.1 Å². The fraction of sp³-hybridized carbons (Fsp3) is 0.490. The summed E-state index contributed by atoms with van der Waals surface area (Å²) in [6.45, 7) is 0.713. The molecule has 4 amide bonds. The Morgan fingerprint density at radius 3 is 1.78 bits per heavy atom. The number of alkyl halides is 8. The van der Waals surface area contributed by atoms with Gasteiger partial charge in [-0.25, -0.2) is 33.0 Å². The SMILES string of the molecule is COC(=O)NC(C(=O)N[C@@H](Cc1ccc(C#Cc2ccc(N3C[C@H]4CN(C)C[C@H]4C3)nc2)cc1)[C@@H](O)CN(Cc1c(F)cc(-c2ccn(C(F)F)n2)cc1F)NC(=O)[C@@H](NC(=O)OC)C(C)(C)C(F)(F)F)C(C)(C)C(F)(F)F. The minimum Gasteiger partial charge on any atom is -0.453 e. The lowest BCUT2D eigenvalue weighted by atomic mass is 9.82. The van der Waals surface area contributed by atoms with Gasteiger partial charge in [0.1, 0.15) is 29.5 Å². The quantitative estimate of drug-likeness (QED) is 0.0410. The Labute approximate surface area is 442 Å². The van der Waals surface area contributed by atoms with Crippen LogP contribution in [0.25, 0.3) is 11.3 Å². The number of aliphatic hydroxyl groups is 1. The molecule has 2 aromatic carbocycles. The molecule has 424 valence electrons. The van der Waals surface area contributed by atoms with Gasteiger partial charge in [-0.3, -0.25) is 15.0 Å². The van der Waals surface area contributed by atoms with E-state index >= 15 is 8.78 Å². The van der Waals surface area contributed by atoms with Gasteiger partial charge in [-0.1, -0.05) is 24.0 Å². The van der Waals surface area contributed by atoms with Gasteiger partial charge in [0.05, 0.1) is 42.9 Å². The highest BCUT2D eigenvalue weighted by atomic mass is 19.4. The minimum atomic E-state index is -5.23. The maximum absolute atomic E-state index is 16.0. The molecule has 78 heavy (non-hydrogen) atoms. The van der Waals surface area contributed by atoms with Gasteiger partial charge in [0.2, 0.25) is 5.91 Å². The van der Waals surface area contributed by atoms with Gasteiger partial charge in [0, 0.05) is 73.9 Å². The van der Waals surface area contributed by atoms with Crippen molar-refractivity contribution in [3.8, 4) is 23.1 Å². The number of rotatable bonds is 18. The first-order valence-electron chi connectivity index (χ1n) is 24.1. The maximum Gasteiger partial charge on any atom is 0.407 e. The van der Waals surface area contributed by atoms with E-state index in [1.165, 1.54) is 12.1 Å². The standard InChI is InChI=1S/C51H58F10N10O7/c1-48(2,50(56,57)58)41(64-46(75)77-6)43(73)63-38(18-29-11-8-28(9-12-29)10-13-30-14-15-40(62-21-30)69-24-32-22-68(5)23-33(32)25-69)39(72)27-70(67-44(74)42(65-47(76)78-7)49(3,4)51(59,60)61)26-34-35(52)19-31(20-36(34)53)37-16-17-71(66-37)45(54)55/h8-9,11-12,14-17,19-21,32-33,38-39,41-42,45,72H,18,22-27H2,1-7H3,(H,63,73)(H,64,75)(H,65,76)(H,67,74)/t32-,33+,38-,39-,41?,42+/m0/s1. The molecule has 6 rings (SSSR count). The molecule has 0 saturated carbocycles. The van der Waals surface area contributed by atoms with Crippen LogP contribution in [0.2, 0.25) is 0 Å². The van der Waals surface area contributed by atoms with Crippen LogP contribution in [-0.2, 0) is 32.0 Å². The number of ether oxygens (including phenoxy) is 2. The molecule has 0 aliphatic carbocycles. The fourth-order valence-electron chi connectivity index (χ4n) is 8.98. The zero-order valence-electron chi connectivity index (χ0n) is 43.2. The Kier molecular flexibility index (Phi) is 18.7. The minimum absolute atomic E-state index is 0.198. The lowest BCUT2D eigenvalue weighted by molar-refractivity contribution is -0.221. The van der Waals surface area contributed by atoms with Crippen molar-refractivity contribution in [3.05, 3.63) is 101 Å². The van der Waals surface area contributed by atoms with Crippen molar-refractivity contribution >= 4 is 29.8 Å². The molecule has 2 aliphatic heterocycles. The number of nitrogens with zero attached hydrogens (tertiary/aromatic N) is 6. The van der Waals surface area contributed by atoms with Crippen LogP contribution in [0.3, 0.4) is 0 Å². The van der Waals surface area contributed by atoms with Crippen LogP contribution in [-0.4, -0.2) is 144 Å². The Hall–Kier alpha value is -7.18. The van der Waals surface area contributed by atoms with E-state index in [2.05, 4.69) is 53.6 Å². The van der Waals surface area contributed by atoms with Crippen molar-refractivity contribution in [2.75, 3.05) is 58.9 Å². The molecular formula is C51H58F10N10O7. The number of amides is 4. The first-order valence-corrected chi connectivity index (χ1v) is 24.1. The number of likely N-dealkylation sites (tertiary alicyclic amines) is 1. The van der Waals surface area contributed by atoms with Crippen molar-refractivity contribution in [2.45, 2.75) is 83.8 Å². The molecule has 0 spiro atoms. The van der Waals surface area contributed by atoms with E-state index in [-0.39, 0.29) is 21.5 Å². The van der Waals surface area contributed by atoms with Gasteiger partial charge in [0.15, 0.2) is 0 Å². The predicted molar refractivity (Wildman–Crippen MR) is 261 cm³/mol. The van der Waals surface area contributed by atoms with E-state index in [0.29, 0.717) is 67.8 Å². The molecule has 2 fully saturated rings. The summed E-state index contributed by atoms with van der Waals surface area (Å²) in [6.07, 6.45) is -13.5. The molecule has 27 heteroatoms. The molecule has 4 aromatic rings. The molecule has 1 unspecified atom stereocenters. The van der Waals surface area contributed by atoms with Crippen LogP contribution in [0.5, 0.6) is 0 Å². The molecule has 17 nitrogen and oxygen atoms in total. The topological polar surface area (TPSA) is 196 Å². The Morgan fingerprint density at radius 1 is 0.769 bits per heavy atom. The number of hydrogen-bond acceptors (Lipinski definition) is 12. The summed E-state index contributed by atoms with van der Waals surface area (Å²) in [5.74, 6) is 1.90. The van der Waals surface area contributed by atoms with Crippen LogP contribution in [0.15, 0.2) is 67.0 Å². The van der Waals surface area contributed by atoms with Gasteiger partial charge in [-0.15, -0.1) is 0 Å². The van der Waals surface area contributed by atoms with E-state index in [1.54, 1.807) is 23.6 Å². The normalized spacial score (nSPS) is 17.6.